The minimum atomic E-state index is 0.0750. The van der Waals surface area contributed by atoms with Crippen molar-refractivity contribution in [2.24, 2.45) is 10.9 Å². The van der Waals surface area contributed by atoms with Gasteiger partial charge in [-0.1, -0.05) is 33.1 Å². The van der Waals surface area contributed by atoms with Crippen molar-refractivity contribution in [1.29, 1.82) is 0 Å². The summed E-state index contributed by atoms with van der Waals surface area (Å²) in [6.07, 6.45) is 7.80. The van der Waals surface area contributed by atoms with Crippen LogP contribution in [0.3, 0.4) is 0 Å². The van der Waals surface area contributed by atoms with Gasteiger partial charge >= 0.3 is 0 Å². The van der Waals surface area contributed by atoms with Gasteiger partial charge in [0.05, 0.1) is 6.54 Å². The fourth-order valence-electron chi connectivity index (χ4n) is 3.98. The number of carbonyl (C=O) groups excluding carboxylic acids is 1. The van der Waals surface area contributed by atoms with E-state index in [0.717, 1.165) is 51.1 Å². The standard InChI is InChI=1S/C20H39N5O/c1-5-21-20(22-12-14-24(4)18-9-7-6-8-10-18)23-17-11-13-25(15-17)19(26)16(2)3/h16-18H,5-15H2,1-4H3,(H2,21,22,23). The molecule has 1 aliphatic carbocycles. The molecule has 1 atom stereocenters. The van der Waals surface area contributed by atoms with Crippen molar-refractivity contribution in [3.63, 3.8) is 0 Å². The molecule has 1 saturated carbocycles. The van der Waals surface area contributed by atoms with Gasteiger partial charge in [0.15, 0.2) is 5.96 Å². The summed E-state index contributed by atoms with van der Waals surface area (Å²) < 4.78 is 0. The van der Waals surface area contributed by atoms with Gasteiger partial charge in [-0.15, -0.1) is 0 Å². The number of likely N-dealkylation sites (N-methyl/N-ethyl adjacent to an activating group) is 1. The summed E-state index contributed by atoms with van der Waals surface area (Å²) in [7, 11) is 2.23. The minimum Gasteiger partial charge on any atom is -0.357 e. The lowest BCUT2D eigenvalue weighted by Crippen LogP contribution is -2.45. The molecule has 2 aliphatic rings. The topological polar surface area (TPSA) is 60.0 Å². The molecule has 2 rings (SSSR count). The maximum atomic E-state index is 12.1. The Balaban J connectivity index is 1.78. The molecule has 0 aromatic heterocycles. The molecule has 2 fully saturated rings. The van der Waals surface area contributed by atoms with Crippen LogP contribution >= 0.6 is 0 Å². The third-order valence-corrected chi connectivity index (χ3v) is 5.60. The van der Waals surface area contributed by atoms with Gasteiger partial charge in [-0.2, -0.15) is 0 Å². The summed E-state index contributed by atoms with van der Waals surface area (Å²) in [4.78, 5) is 21.4. The van der Waals surface area contributed by atoms with Crippen molar-refractivity contribution in [3.8, 4) is 0 Å². The van der Waals surface area contributed by atoms with E-state index in [9.17, 15) is 4.79 Å². The lowest BCUT2D eigenvalue weighted by Gasteiger charge is -2.30. The number of hydrogen-bond donors (Lipinski definition) is 2. The summed E-state index contributed by atoms with van der Waals surface area (Å²) in [6, 6.07) is 1.03. The third kappa shape index (κ3) is 6.45. The van der Waals surface area contributed by atoms with Crippen LogP contribution in [0.1, 0.15) is 59.3 Å². The van der Waals surface area contributed by atoms with Gasteiger partial charge in [0.25, 0.3) is 0 Å². The predicted octanol–water partition coefficient (Wildman–Crippen LogP) is 2.06. The normalized spacial score (nSPS) is 22.3. The smallest absolute Gasteiger partial charge is 0.225 e. The quantitative estimate of drug-likeness (QED) is 0.536. The fourth-order valence-corrected chi connectivity index (χ4v) is 3.98. The number of nitrogens with one attached hydrogen (secondary N) is 2. The molecular formula is C20H39N5O. The molecule has 0 radical (unpaired) electrons. The molecule has 1 saturated heterocycles. The monoisotopic (exact) mass is 365 g/mol. The van der Waals surface area contributed by atoms with Crippen molar-refractivity contribution < 1.29 is 4.79 Å². The zero-order chi connectivity index (χ0) is 18.9. The van der Waals surface area contributed by atoms with Crippen molar-refractivity contribution in [2.45, 2.75) is 71.4 Å². The highest BCUT2D eigenvalue weighted by atomic mass is 16.2. The highest BCUT2D eigenvalue weighted by Gasteiger charge is 2.28. The average molecular weight is 366 g/mol. The molecule has 1 unspecified atom stereocenters. The maximum Gasteiger partial charge on any atom is 0.225 e. The first-order valence-electron chi connectivity index (χ1n) is 10.5. The van der Waals surface area contributed by atoms with Gasteiger partial charge in [-0.05, 0) is 33.2 Å². The molecule has 0 aromatic carbocycles. The number of aliphatic imine (C=N–C) groups is 1. The Bertz CT molecular complexity index is 459. The molecule has 0 spiro atoms. The number of likely N-dealkylation sites (tertiary alicyclic amines) is 1. The minimum absolute atomic E-state index is 0.0750. The van der Waals surface area contributed by atoms with Gasteiger partial charge in [0.1, 0.15) is 0 Å². The van der Waals surface area contributed by atoms with E-state index in [-0.39, 0.29) is 11.8 Å². The predicted molar refractivity (Wildman–Crippen MR) is 108 cm³/mol. The van der Waals surface area contributed by atoms with E-state index in [1.807, 2.05) is 18.7 Å². The van der Waals surface area contributed by atoms with Crippen molar-refractivity contribution in [3.05, 3.63) is 0 Å². The molecule has 1 heterocycles. The number of guanidine groups is 1. The zero-order valence-corrected chi connectivity index (χ0v) is 17.3. The molecule has 1 amide bonds. The van der Waals surface area contributed by atoms with E-state index >= 15 is 0 Å². The second kappa shape index (κ2) is 10.8. The third-order valence-electron chi connectivity index (χ3n) is 5.60. The van der Waals surface area contributed by atoms with E-state index in [4.69, 9.17) is 4.99 Å². The SMILES string of the molecule is CCNC(=NCCN(C)C1CCCCC1)NC1CCN(C(=O)C(C)C)C1. The van der Waals surface area contributed by atoms with Crippen molar-refractivity contribution in [2.75, 3.05) is 39.8 Å². The number of nitrogens with zero attached hydrogens (tertiary/aromatic N) is 3. The van der Waals surface area contributed by atoms with E-state index in [0.29, 0.717) is 6.04 Å². The highest BCUT2D eigenvalue weighted by Crippen LogP contribution is 2.21. The Morgan fingerprint density at radius 1 is 1.23 bits per heavy atom. The molecule has 2 N–H and O–H groups in total. The first-order valence-corrected chi connectivity index (χ1v) is 10.5. The largest absolute Gasteiger partial charge is 0.357 e. The molecule has 26 heavy (non-hydrogen) atoms. The van der Waals surface area contributed by atoms with Gasteiger partial charge in [-0.3, -0.25) is 9.79 Å². The van der Waals surface area contributed by atoms with Crippen LogP contribution < -0.4 is 10.6 Å². The van der Waals surface area contributed by atoms with Crippen LogP contribution in [0.5, 0.6) is 0 Å². The molecule has 6 heteroatoms. The number of rotatable bonds is 7. The van der Waals surface area contributed by atoms with E-state index < -0.39 is 0 Å². The van der Waals surface area contributed by atoms with Crippen LogP contribution in [0, 0.1) is 5.92 Å². The van der Waals surface area contributed by atoms with Crippen LogP contribution in [-0.4, -0.2) is 73.5 Å². The number of hydrogen-bond acceptors (Lipinski definition) is 3. The number of amides is 1. The van der Waals surface area contributed by atoms with Crippen LogP contribution in [0.4, 0.5) is 0 Å². The lowest BCUT2D eigenvalue weighted by molar-refractivity contribution is -0.133. The van der Waals surface area contributed by atoms with E-state index in [1.54, 1.807) is 0 Å². The molecule has 150 valence electrons. The Morgan fingerprint density at radius 3 is 2.62 bits per heavy atom. The molecule has 0 bridgehead atoms. The van der Waals surface area contributed by atoms with E-state index in [1.165, 1.54) is 32.1 Å². The van der Waals surface area contributed by atoms with Crippen LogP contribution in [0.15, 0.2) is 4.99 Å². The summed E-state index contributed by atoms with van der Waals surface area (Å²) >= 11 is 0. The zero-order valence-electron chi connectivity index (χ0n) is 17.3. The lowest BCUT2D eigenvalue weighted by atomic mass is 9.94. The second-order valence-electron chi connectivity index (χ2n) is 8.10. The van der Waals surface area contributed by atoms with Crippen molar-refractivity contribution in [1.82, 2.24) is 20.4 Å². The summed E-state index contributed by atoms with van der Waals surface area (Å²) in [6.45, 7) is 10.3. The Morgan fingerprint density at radius 2 is 1.96 bits per heavy atom. The molecule has 0 aromatic rings. The molecule has 6 nitrogen and oxygen atoms in total. The number of carbonyl (C=O) groups is 1. The molecular weight excluding hydrogens is 326 g/mol. The maximum absolute atomic E-state index is 12.1. The summed E-state index contributed by atoms with van der Waals surface area (Å²) in [5, 5.41) is 6.87. The first kappa shape index (κ1) is 21.0. The van der Waals surface area contributed by atoms with Gasteiger partial charge in [0, 0.05) is 44.2 Å². The Kier molecular flexibility index (Phi) is 8.69. The average Bonchev–Trinajstić information content (AvgIpc) is 3.10. The Hall–Kier alpha value is -1.30. The van der Waals surface area contributed by atoms with Crippen molar-refractivity contribution >= 4 is 11.9 Å². The van der Waals surface area contributed by atoms with Crippen LogP contribution in [-0.2, 0) is 4.79 Å². The van der Waals surface area contributed by atoms with Gasteiger partial charge in [0.2, 0.25) is 5.91 Å². The highest BCUT2D eigenvalue weighted by molar-refractivity contribution is 5.81. The Labute approximate surface area is 159 Å². The second-order valence-corrected chi connectivity index (χ2v) is 8.10. The fraction of sp³-hybridized carbons (Fsp3) is 0.900. The first-order chi connectivity index (χ1) is 12.5. The van der Waals surface area contributed by atoms with Gasteiger partial charge < -0.3 is 20.4 Å². The van der Waals surface area contributed by atoms with Gasteiger partial charge in [-0.25, -0.2) is 0 Å². The molecule has 1 aliphatic heterocycles. The van der Waals surface area contributed by atoms with E-state index in [2.05, 4.69) is 29.5 Å². The van der Waals surface area contributed by atoms with Crippen LogP contribution in [0.2, 0.25) is 0 Å². The van der Waals surface area contributed by atoms with Crippen LogP contribution in [0.25, 0.3) is 0 Å². The summed E-state index contributed by atoms with van der Waals surface area (Å²) in [5.41, 5.74) is 0. The summed E-state index contributed by atoms with van der Waals surface area (Å²) in [5.74, 6) is 1.21.